The number of rotatable bonds is 13. The Kier molecular flexibility index (Phi) is 9.69. The lowest BCUT2D eigenvalue weighted by molar-refractivity contribution is -0.396. The molecule has 0 radical (unpaired) electrons. The highest BCUT2D eigenvalue weighted by molar-refractivity contribution is 5.76. The third-order valence-corrected chi connectivity index (χ3v) is 5.33. The normalized spacial score (nSPS) is 14.2. The number of phenolic OH excluding ortho intramolecular Hbond substituents is 2. The number of nitro benzene ring substituents is 1. The Balaban J connectivity index is 2.99. The fourth-order valence-electron chi connectivity index (χ4n) is 3.00. The van der Waals surface area contributed by atoms with Crippen molar-refractivity contribution in [2.24, 2.45) is 0 Å². The van der Waals surface area contributed by atoms with Gasteiger partial charge in [-0.2, -0.15) is 65.9 Å². The first-order valence-electron chi connectivity index (χ1n) is 10.4. The SMILES string of the molecule is O=C(CCC(F)(F)C(F)(F)C(F)(F)C(F)(F)CC(F)(F)C(F)(F)C(F)(F)F)NCCc1cc(O)c(O)cc1[N+](=O)[O-]. The molecule has 1 rings (SSSR count). The number of benzene rings is 1. The standard InChI is InChI=1S/C19H15F15N2O5/c20-13(21,3-1-12(39)35-4-2-8-5-10(37)11(38)6-9(8)36(40)41)16(26,27)17(28,29)14(22,23)7-15(24,25)18(30,31)19(32,33)34/h5-6,37-38H,1-4,7H2,(H,35,39). The molecule has 0 aromatic heterocycles. The summed E-state index contributed by atoms with van der Waals surface area (Å²) >= 11 is 0. The molecule has 7 nitrogen and oxygen atoms in total. The summed E-state index contributed by atoms with van der Waals surface area (Å²) in [7, 11) is 0. The molecule has 22 heteroatoms. The number of halogens is 15. The van der Waals surface area contributed by atoms with E-state index < -0.39 is 102 Å². The quantitative estimate of drug-likeness (QED) is 0.103. The minimum atomic E-state index is -7.66. The van der Waals surface area contributed by atoms with E-state index in [1.165, 1.54) is 0 Å². The van der Waals surface area contributed by atoms with Crippen molar-refractivity contribution in [3.63, 3.8) is 0 Å². The number of aromatic hydroxyl groups is 2. The van der Waals surface area contributed by atoms with E-state index in [1.807, 2.05) is 0 Å². The third-order valence-electron chi connectivity index (χ3n) is 5.33. The lowest BCUT2D eigenvalue weighted by Crippen LogP contribution is -2.65. The van der Waals surface area contributed by atoms with Crippen LogP contribution in [-0.4, -0.2) is 69.3 Å². The lowest BCUT2D eigenvalue weighted by atomic mass is 9.91. The van der Waals surface area contributed by atoms with E-state index >= 15 is 0 Å². The molecule has 1 aromatic rings. The maximum Gasteiger partial charge on any atom is 0.459 e. The number of phenols is 2. The zero-order chi connectivity index (χ0) is 32.6. The molecule has 1 aromatic carbocycles. The molecule has 236 valence electrons. The number of nitrogens with zero attached hydrogens (tertiary/aromatic N) is 1. The Labute approximate surface area is 217 Å². The molecule has 0 aliphatic rings. The second-order valence-electron chi connectivity index (χ2n) is 8.34. The summed E-state index contributed by atoms with van der Waals surface area (Å²) in [5.41, 5.74) is -1.19. The Morgan fingerprint density at radius 2 is 1.20 bits per heavy atom. The highest BCUT2D eigenvalue weighted by atomic mass is 19.4. The third kappa shape index (κ3) is 6.93. The van der Waals surface area contributed by atoms with Crippen LogP contribution in [0.25, 0.3) is 0 Å². The Hall–Kier alpha value is -3.36. The zero-order valence-electron chi connectivity index (χ0n) is 19.4. The van der Waals surface area contributed by atoms with Gasteiger partial charge in [0.2, 0.25) is 5.91 Å². The molecular formula is C19H15F15N2O5. The Bertz CT molecular complexity index is 1140. The number of nitro groups is 1. The monoisotopic (exact) mass is 636 g/mol. The summed E-state index contributed by atoms with van der Waals surface area (Å²) in [6.07, 6.45) is -17.2. The van der Waals surface area contributed by atoms with Gasteiger partial charge in [0.25, 0.3) is 5.69 Å². The van der Waals surface area contributed by atoms with Crippen molar-refractivity contribution in [3.8, 4) is 11.5 Å². The van der Waals surface area contributed by atoms with Crippen LogP contribution in [0.15, 0.2) is 12.1 Å². The van der Waals surface area contributed by atoms with E-state index in [1.54, 1.807) is 5.32 Å². The fraction of sp³-hybridized carbons (Fsp3) is 0.632. The molecule has 3 N–H and O–H groups in total. The van der Waals surface area contributed by atoms with Crippen molar-refractivity contribution < 1.29 is 85.8 Å². The van der Waals surface area contributed by atoms with Crippen LogP contribution in [0, 0.1) is 10.1 Å². The Morgan fingerprint density at radius 1 is 0.756 bits per heavy atom. The fourth-order valence-corrected chi connectivity index (χ4v) is 3.00. The first-order valence-corrected chi connectivity index (χ1v) is 10.4. The minimum Gasteiger partial charge on any atom is -0.504 e. The van der Waals surface area contributed by atoms with Crippen molar-refractivity contribution in [1.82, 2.24) is 5.32 Å². The molecule has 0 aliphatic carbocycles. The number of carbonyl (C=O) groups is 1. The van der Waals surface area contributed by atoms with E-state index in [2.05, 4.69) is 0 Å². The van der Waals surface area contributed by atoms with Crippen LogP contribution < -0.4 is 5.32 Å². The molecule has 0 atom stereocenters. The van der Waals surface area contributed by atoms with Crippen LogP contribution in [-0.2, 0) is 11.2 Å². The van der Waals surface area contributed by atoms with Gasteiger partial charge in [0.05, 0.1) is 17.4 Å². The number of amides is 1. The zero-order valence-corrected chi connectivity index (χ0v) is 19.4. The van der Waals surface area contributed by atoms with Crippen LogP contribution in [0.3, 0.4) is 0 Å². The number of alkyl halides is 15. The molecule has 0 aliphatic heterocycles. The van der Waals surface area contributed by atoms with Crippen LogP contribution in [0.1, 0.15) is 24.8 Å². The first-order chi connectivity index (χ1) is 18.1. The number of hydrogen-bond donors (Lipinski definition) is 3. The Morgan fingerprint density at radius 3 is 1.66 bits per heavy atom. The van der Waals surface area contributed by atoms with E-state index in [4.69, 9.17) is 0 Å². The van der Waals surface area contributed by atoms with Crippen LogP contribution in [0.4, 0.5) is 71.5 Å². The molecule has 0 bridgehead atoms. The smallest absolute Gasteiger partial charge is 0.459 e. The van der Waals surface area contributed by atoms with Crippen molar-refractivity contribution >= 4 is 11.6 Å². The summed E-state index contributed by atoms with van der Waals surface area (Å²) in [6.45, 7) is -0.747. The molecular weight excluding hydrogens is 621 g/mol. The van der Waals surface area contributed by atoms with E-state index in [-0.39, 0.29) is 5.56 Å². The number of hydrogen-bond acceptors (Lipinski definition) is 5. The predicted molar refractivity (Wildman–Crippen MR) is 103 cm³/mol. The van der Waals surface area contributed by atoms with Gasteiger partial charge in [-0.15, -0.1) is 0 Å². The first kappa shape index (κ1) is 35.7. The molecule has 0 spiro atoms. The van der Waals surface area contributed by atoms with Gasteiger partial charge in [-0.05, 0) is 12.5 Å². The van der Waals surface area contributed by atoms with Gasteiger partial charge in [-0.25, -0.2) is 0 Å². The maximum absolute atomic E-state index is 13.9. The molecule has 1 amide bonds. The van der Waals surface area contributed by atoms with Gasteiger partial charge < -0.3 is 15.5 Å². The molecule has 0 unspecified atom stereocenters. The van der Waals surface area contributed by atoms with Crippen molar-refractivity contribution in [2.75, 3.05) is 6.54 Å². The average Bonchev–Trinajstić information content (AvgIpc) is 2.77. The van der Waals surface area contributed by atoms with Crippen LogP contribution in [0.5, 0.6) is 11.5 Å². The van der Waals surface area contributed by atoms with Crippen LogP contribution >= 0.6 is 0 Å². The second kappa shape index (κ2) is 11.1. The van der Waals surface area contributed by atoms with Gasteiger partial charge >= 0.3 is 41.7 Å². The van der Waals surface area contributed by atoms with Gasteiger partial charge in [-0.1, -0.05) is 0 Å². The summed E-state index contributed by atoms with van der Waals surface area (Å²) in [6, 6.07) is 1.12. The van der Waals surface area contributed by atoms with Gasteiger partial charge in [-0.3, -0.25) is 14.9 Å². The molecule has 0 fully saturated rings. The topological polar surface area (TPSA) is 113 Å². The average molecular weight is 636 g/mol. The second-order valence-corrected chi connectivity index (χ2v) is 8.34. The van der Waals surface area contributed by atoms with Gasteiger partial charge in [0, 0.05) is 24.9 Å². The van der Waals surface area contributed by atoms with Crippen molar-refractivity contribution in [3.05, 3.63) is 27.8 Å². The number of carbonyl (C=O) groups excluding carboxylic acids is 1. The largest absolute Gasteiger partial charge is 0.504 e. The van der Waals surface area contributed by atoms with E-state index in [0.29, 0.717) is 12.1 Å². The van der Waals surface area contributed by atoms with E-state index in [0.717, 1.165) is 0 Å². The molecule has 41 heavy (non-hydrogen) atoms. The van der Waals surface area contributed by atoms with Crippen molar-refractivity contribution in [1.29, 1.82) is 0 Å². The van der Waals surface area contributed by atoms with E-state index in [9.17, 15) is 91.0 Å². The summed E-state index contributed by atoms with van der Waals surface area (Å²) in [4.78, 5) is 21.5. The van der Waals surface area contributed by atoms with Crippen LogP contribution in [0.2, 0.25) is 0 Å². The summed E-state index contributed by atoms with van der Waals surface area (Å²) in [5.74, 6) is -46.9. The number of nitrogens with one attached hydrogen (secondary N) is 1. The lowest BCUT2D eigenvalue weighted by Gasteiger charge is -2.39. The molecule has 0 heterocycles. The summed E-state index contributed by atoms with van der Waals surface area (Å²) in [5, 5.41) is 31.2. The highest BCUT2D eigenvalue weighted by Gasteiger charge is 2.83. The van der Waals surface area contributed by atoms with Gasteiger partial charge in [0.15, 0.2) is 11.5 Å². The minimum absolute atomic E-state index is 0.378. The van der Waals surface area contributed by atoms with Crippen molar-refractivity contribution in [2.45, 2.75) is 67.4 Å². The molecule has 0 saturated heterocycles. The predicted octanol–water partition coefficient (Wildman–Crippen LogP) is 6.21. The summed E-state index contributed by atoms with van der Waals surface area (Å²) < 4.78 is 198. The molecule has 0 saturated carbocycles. The maximum atomic E-state index is 13.9. The van der Waals surface area contributed by atoms with Gasteiger partial charge in [0.1, 0.15) is 0 Å². The highest BCUT2D eigenvalue weighted by Crippen LogP contribution is 2.58.